The molecule has 1 amide bonds. The van der Waals surface area contributed by atoms with Gasteiger partial charge in [0.15, 0.2) is 0 Å². The first-order chi connectivity index (χ1) is 12.7. The van der Waals surface area contributed by atoms with Gasteiger partial charge in [-0.05, 0) is 38.1 Å². The van der Waals surface area contributed by atoms with Crippen LogP contribution in [0.15, 0.2) is 29.2 Å². The summed E-state index contributed by atoms with van der Waals surface area (Å²) in [4.78, 5) is 27.4. The average Bonchev–Trinajstić information content (AvgIpc) is 2.67. The molecule has 1 saturated heterocycles. The van der Waals surface area contributed by atoms with Crippen molar-refractivity contribution in [3.05, 3.63) is 29.8 Å². The molecular formula is C18H27N3O5S. The highest BCUT2D eigenvalue weighted by Crippen LogP contribution is 2.19. The molecule has 1 heterocycles. The lowest BCUT2D eigenvalue weighted by molar-refractivity contribution is -0.134. The molecule has 1 fully saturated rings. The van der Waals surface area contributed by atoms with Crippen molar-refractivity contribution in [1.82, 2.24) is 14.1 Å². The molecule has 1 atom stereocenters. The normalized spacial score (nSPS) is 17.3. The molecule has 0 N–H and O–H groups in total. The first kappa shape index (κ1) is 21.3. The highest BCUT2D eigenvalue weighted by molar-refractivity contribution is 7.89. The number of hydrogen-bond acceptors (Lipinski definition) is 6. The Kier molecular flexibility index (Phi) is 6.96. The van der Waals surface area contributed by atoms with Crippen LogP contribution in [0.3, 0.4) is 0 Å². The topological polar surface area (TPSA) is 87.2 Å². The minimum Gasteiger partial charge on any atom is -0.462 e. The first-order valence-electron chi connectivity index (χ1n) is 8.91. The van der Waals surface area contributed by atoms with E-state index in [2.05, 4.69) is 0 Å². The van der Waals surface area contributed by atoms with E-state index in [1.165, 1.54) is 28.6 Å². The zero-order valence-corrected chi connectivity index (χ0v) is 17.0. The molecule has 1 aliphatic heterocycles. The number of nitrogens with zero attached hydrogens (tertiary/aromatic N) is 3. The molecule has 8 nitrogen and oxygen atoms in total. The van der Waals surface area contributed by atoms with Gasteiger partial charge in [-0.3, -0.25) is 9.69 Å². The summed E-state index contributed by atoms with van der Waals surface area (Å²) in [6, 6.07) is 5.48. The first-order valence-corrected chi connectivity index (χ1v) is 10.3. The highest BCUT2D eigenvalue weighted by Gasteiger charge is 2.32. The van der Waals surface area contributed by atoms with Crippen LogP contribution in [0.4, 0.5) is 0 Å². The van der Waals surface area contributed by atoms with E-state index in [0.717, 1.165) is 0 Å². The Morgan fingerprint density at radius 2 is 1.67 bits per heavy atom. The predicted molar refractivity (Wildman–Crippen MR) is 101 cm³/mol. The number of rotatable bonds is 6. The van der Waals surface area contributed by atoms with Gasteiger partial charge in [0.05, 0.1) is 23.1 Å². The second kappa shape index (κ2) is 8.81. The van der Waals surface area contributed by atoms with Crippen LogP contribution in [0.1, 0.15) is 24.2 Å². The quantitative estimate of drug-likeness (QED) is 0.655. The van der Waals surface area contributed by atoms with E-state index < -0.39 is 16.0 Å². The van der Waals surface area contributed by atoms with Crippen LogP contribution in [0.5, 0.6) is 0 Å². The van der Waals surface area contributed by atoms with Crippen molar-refractivity contribution in [3.63, 3.8) is 0 Å². The number of sulfonamides is 1. The lowest BCUT2D eigenvalue weighted by Gasteiger charge is -2.37. The zero-order chi connectivity index (χ0) is 20.2. The van der Waals surface area contributed by atoms with Gasteiger partial charge in [0.2, 0.25) is 15.9 Å². The number of hydrogen-bond donors (Lipinski definition) is 0. The number of carbonyl (C=O) groups excluding carboxylic acids is 2. The molecule has 9 heteroatoms. The Bertz CT molecular complexity index is 769. The summed E-state index contributed by atoms with van der Waals surface area (Å²) in [5.41, 5.74) is 0.316. The fourth-order valence-electron chi connectivity index (χ4n) is 2.99. The predicted octanol–water partition coefficient (Wildman–Crippen LogP) is 0.646. The standard InChI is InChI=1S/C18H27N3O5S/c1-5-26-18(23)15-6-8-16(9-7-15)27(24,25)21-12-10-20(11-13-21)14(2)17(22)19(3)4/h6-9,14H,5,10-13H2,1-4H3/t14-/m1/s1. The van der Waals surface area contributed by atoms with E-state index in [4.69, 9.17) is 4.74 Å². The van der Waals surface area contributed by atoms with E-state index in [1.807, 2.05) is 11.8 Å². The molecule has 0 unspecified atom stereocenters. The summed E-state index contributed by atoms with van der Waals surface area (Å²) in [6.45, 7) is 5.41. The maximum Gasteiger partial charge on any atom is 0.338 e. The van der Waals surface area contributed by atoms with Crippen LogP contribution in [0.2, 0.25) is 0 Å². The third-order valence-electron chi connectivity index (χ3n) is 4.62. The van der Waals surface area contributed by atoms with Crippen LogP contribution < -0.4 is 0 Å². The third kappa shape index (κ3) is 4.85. The van der Waals surface area contributed by atoms with Crippen molar-refractivity contribution < 1.29 is 22.7 Å². The van der Waals surface area contributed by atoms with Gasteiger partial charge in [0.25, 0.3) is 0 Å². The second-order valence-electron chi connectivity index (χ2n) is 6.59. The van der Waals surface area contributed by atoms with E-state index in [1.54, 1.807) is 25.9 Å². The maximum atomic E-state index is 12.8. The largest absolute Gasteiger partial charge is 0.462 e. The minimum absolute atomic E-state index is 0.000797. The highest BCUT2D eigenvalue weighted by atomic mass is 32.2. The number of ether oxygens (including phenoxy) is 1. The Morgan fingerprint density at radius 1 is 1.11 bits per heavy atom. The molecule has 1 aromatic rings. The Morgan fingerprint density at radius 3 is 2.15 bits per heavy atom. The van der Waals surface area contributed by atoms with Crippen LogP contribution in [0.25, 0.3) is 0 Å². The van der Waals surface area contributed by atoms with Gasteiger partial charge in [0.1, 0.15) is 0 Å². The molecular weight excluding hydrogens is 370 g/mol. The summed E-state index contributed by atoms with van der Waals surface area (Å²) in [6.07, 6.45) is 0. The summed E-state index contributed by atoms with van der Waals surface area (Å²) < 4.78 is 32.0. The van der Waals surface area contributed by atoms with Gasteiger partial charge in [-0.25, -0.2) is 13.2 Å². The van der Waals surface area contributed by atoms with Crippen molar-refractivity contribution in [3.8, 4) is 0 Å². The minimum atomic E-state index is -3.64. The fraction of sp³-hybridized carbons (Fsp3) is 0.556. The van der Waals surface area contributed by atoms with Crippen LogP contribution in [-0.4, -0.2) is 87.3 Å². The fourth-order valence-corrected chi connectivity index (χ4v) is 4.41. The Hall–Kier alpha value is -1.97. The van der Waals surface area contributed by atoms with Gasteiger partial charge in [-0.2, -0.15) is 4.31 Å². The number of likely N-dealkylation sites (N-methyl/N-ethyl adjacent to an activating group) is 1. The van der Waals surface area contributed by atoms with E-state index in [0.29, 0.717) is 31.7 Å². The summed E-state index contributed by atoms with van der Waals surface area (Å²) >= 11 is 0. The molecule has 1 aromatic carbocycles. The second-order valence-corrected chi connectivity index (χ2v) is 8.53. The molecule has 0 bridgehead atoms. The van der Waals surface area contributed by atoms with Crippen LogP contribution >= 0.6 is 0 Å². The smallest absolute Gasteiger partial charge is 0.338 e. The molecule has 0 aromatic heterocycles. The van der Waals surface area contributed by atoms with E-state index >= 15 is 0 Å². The van der Waals surface area contributed by atoms with Crippen LogP contribution in [0, 0.1) is 0 Å². The van der Waals surface area contributed by atoms with Crippen molar-refractivity contribution in [2.45, 2.75) is 24.8 Å². The van der Waals surface area contributed by atoms with E-state index in [-0.39, 0.29) is 23.5 Å². The molecule has 150 valence electrons. The van der Waals surface area contributed by atoms with Crippen molar-refractivity contribution in [2.24, 2.45) is 0 Å². The number of benzene rings is 1. The Labute approximate surface area is 160 Å². The number of piperazine rings is 1. The number of amides is 1. The SMILES string of the molecule is CCOC(=O)c1ccc(S(=O)(=O)N2CCN([C@H](C)C(=O)N(C)C)CC2)cc1. The van der Waals surface area contributed by atoms with Gasteiger partial charge < -0.3 is 9.64 Å². The third-order valence-corrected chi connectivity index (χ3v) is 6.54. The van der Waals surface area contributed by atoms with E-state index in [9.17, 15) is 18.0 Å². The van der Waals surface area contributed by atoms with Crippen molar-refractivity contribution in [2.75, 3.05) is 46.9 Å². The van der Waals surface area contributed by atoms with Gasteiger partial charge in [-0.15, -0.1) is 0 Å². The summed E-state index contributed by atoms with van der Waals surface area (Å²) in [7, 11) is -0.228. The molecule has 1 aliphatic rings. The molecule has 0 saturated carbocycles. The molecule has 0 spiro atoms. The number of carbonyl (C=O) groups is 2. The summed E-state index contributed by atoms with van der Waals surface area (Å²) in [5, 5.41) is 0. The average molecular weight is 397 g/mol. The van der Waals surface area contributed by atoms with Crippen molar-refractivity contribution in [1.29, 1.82) is 0 Å². The van der Waals surface area contributed by atoms with Gasteiger partial charge >= 0.3 is 5.97 Å². The Balaban J connectivity index is 2.04. The lowest BCUT2D eigenvalue weighted by atomic mass is 10.2. The van der Waals surface area contributed by atoms with Crippen LogP contribution in [-0.2, 0) is 19.6 Å². The molecule has 2 rings (SSSR count). The van der Waals surface area contributed by atoms with Crippen molar-refractivity contribution >= 4 is 21.9 Å². The maximum absolute atomic E-state index is 12.8. The lowest BCUT2D eigenvalue weighted by Crippen LogP contribution is -2.54. The number of esters is 1. The molecule has 27 heavy (non-hydrogen) atoms. The summed E-state index contributed by atoms with van der Waals surface area (Å²) in [5.74, 6) is -0.476. The van der Waals surface area contributed by atoms with Gasteiger partial charge in [0, 0.05) is 40.3 Å². The monoisotopic (exact) mass is 397 g/mol. The molecule has 0 aliphatic carbocycles. The zero-order valence-electron chi connectivity index (χ0n) is 16.2. The van der Waals surface area contributed by atoms with Gasteiger partial charge in [-0.1, -0.05) is 0 Å². The molecule has 0 radical (unpaired) electrons.